The molecule has 112 valence electrons. The predicted octanol–water partition coefficient (Wildman–Crippen LogP) is 5.65. The van der Waals surface area contributed by atoms with Crippen molar-refractivity contribution < 1.29 is 9.13 Å². The summed E-state index contributed by atoms with van der Waals surface area (Å²) in [5.74, 6) is -0.290. The average molecular weight is 346 g/mol. The number of benzene rings is 2. The van der Waals surface area contributed by atoms with Gasteiger partial charge in [-0.15, -0.1) is 0 Å². The number of hydrogen-bond donors (Lipinski definition) is 1. The van der Waals surface area contributed by atoms with Crippen molar-refractivity contribution in [3.63, 3.8) is 0 Å². The van der Waals surface area contributed by atoms with E-state index in [2.05, 4.69) is 0 Å². The molecule has 2 rings (SSSR count). The van der Waals surface area contributed by atoms with Crippen LogP contribution in [0, 0.1) is 5.82 Å². The number of hydrogen-bond acceptors (Lipinski definition) is 3. The van der Waals surface area contributed by atoms with E-state index in [4.69, 9.17) is 33.7 Å². The monoisotopic (exact) mass is 345 g/mol. The van der Waals surface area contributed by atoms with Gasteiger partial charge in [-0.2, -0.15) is 0 Å². The van der Waals surface area contributed by atoms with Crippen molar-refractivity contribution >= 4 is 40.7 Å². The summed E-state index contributed by atoms with van der Waals surface area (Å²) in [5, 5.41) is 0.943. The van der Waals surface area contributed by atoms with Gasteiger partial charge in [0, 0.05) is 21.5 Å². The van der Waals surface area contributed by atoms with E-state index in [1.807, 2.05) is 19.9 Å². The SMILES string of the molecule is CC(C)Oc1cc(Sc2ccc(Cl)c(Cl)c2)c(N)cc1F. The van der Waals surface area contributed by atoms with E-state index in [0.29, 0.717) is 20.6 Å². The van der Waals surface area contributed by atoms with Crippen LogP contribution in [0.2, 0.25) is 10.0 Å². The maximum absolute atomic E-state index is 13.8. The second-order valence-electron chi connectivity index (χ2n) is 4.67. The molecule has 0 radical (unpaired) electrons. The predicted molar refractivity (Wildman–Crippen MR) is 87.2 cm³/mol. The number of anilines is 1. The van der Waals surface area contributed by atoms with Gasteiger partial charge in [0.15, 0.2) is 11.6 Å². The summed E-state index contributed by atoms with van der Waals surface area (Å²) >= 11 is 13.2. The molecule has 0 fully saturated rings. The number of rotatable bonds is 4. The minimum atomic E-state index is -0.473. The quantitative estimate of drug-likeness (QED) is 0.726. The maximum Gasteiger partial charge on any atom is 0.167 e. The first kappa shape index (κ1) is 16.3. The molecular weight excluding hydrogens is 332 g/mol. The van der Waals surface area contributed by atoms with Crippen molar-refractivity contribution in [3.8, 4) is 5.75 Å². The Kier molecular flexibility index (Phi) is 5.25. The number of nitrogens with two attached hydrogens (primary N) is 1. The van der Waals surface area contributed by atoms with Gasteiger partial charge in [0.25, 0.3) is 0 Å². The molecule has 0 unspecified atom stereocenters. The largest absolute Gasteiger partial charge is 0.488 e. The third kappa shape index (κ3) is 4.19. The first-order chi connectivity index (χ1) is 9.86. The molecule has 0 atom stereocenters. The molecule has 0 aliphatic heterocycles. The standard InChI is InChI=1S/C15H14Cl2FNOS/c1-8(2)20-14-7-15(13(19)6-12(14)18)21-9-3-4-10(16)11(17)5-9/h3-8H,19H2,1-2H3. The van der Waals surface area contributed by atoms with Crippen LogP contribution in [-0.2, 0) is 0 Å². The van der Waals surface area contributed by atoms with Crippen molar-refractivity contribution in [3.05, 3.63) is 46.2 Å². The number of halogens is 3. The summed E-state index contributed by atoms with van der Waals surface area (Å²) in [6, 6.07) is 8.12. The molecular formula is C15H14Cl2FNOS. The first-order valence-electron chi connectivity index (χ1n) is 6.25. The highest BCUT2D eigenvalue weighted by molar-refractivity contribution is 7.99. The van der Waals surface area contributed by atoms with E-state index in [0.717, 1.165) is 4.90 Å². The number of nitrogen functional groups attached to an aromatic ring is 1. The lowest BCUT2D eigenvalue weighted by Gasteiger charge is -2.13. The van der Waals surface area contributed by atoms with Crippen molar-refractivity contribution in [2.24, 2.45) is 0 Å². The third-order valence-electron chi connectivity index (χ3n) is 2.55. The molecule has 0 aliphatic rings. The summed E-state index contributed by atoms with van der Waals surface area (Å²) < 4.78 is 19.2. The van der Waals surface area contributed by atoms with Gasteiger partial charge in [0.2, 0.25) is 0 Å². The van der Waals surface area contributed by atoms with E-state index in [-0.39, 0.29) is 11.9 Å². The highest BCUT2D eigenvalue weighted by atomic mass is 35.5. The van der Waals surface area contributed by atoms with Crippen molar-refractivity contribution in [1.82, 2.24) is 0 Å². The summed E-state index contributed by atoms with van der Waals surface area (Å²) in [4.78, 5) is 1.56. The second-order valence-corrected chi connectivity index (χ2v) is 6.59. The van der Waals surface area contributed by atoms with Crippen molar-refractivity contribution in [2.75, 3.05) is 5.73 Å². The molecule has 0 bridgehead atoms. The van der Waals surface area contributed by atoms with Gasteiger partial charge in [-0.25, -0.2) is 4.39 Å². The van der Waals surface area contributed by atoms with Gasteiger partial charge < -0.3 is 10.5 Å². The summed E-state index contributed by atoms with van der Waals surface area (Å²) in [7, 11) is 0. The normalized spacial score (nSPS) is 11.0. The lowest BCUT2D eigenvalue weighted by atomic mass is 10.3. The molecule has 6 heteroatoms. The van der Waals surface area contributed by atoms with E-state index in [9.17, 15) is 4.39 Å². The average Bonchev–Trinajstić information content (AvgIpc) is 2.39. The van der Waals surface area contributed by atoms with E-state index in [1.54, 1.807) is 18.2 Å². The fraction of sp³-hybridized carbons (Fsp3) is 0.200. The van der Waals surface area contributed by atoms with Gasteiger partial charge in [-0.1, -0.05) is 35.0 Å². The van der Waals surface area contributed by atoms with Crippen molar-refractivity contribution in [1.29, 1.82) is 0 Å². The van der Waals surface area contributed by atoms with Crippen LogP contribution in [0.15, 0.2) is 40.1 Å². The van der Waals surface area contributed by atoms with Crippen LogP contribution in [-0.4, -0.2) is 6.10 Å². The highest BCUT2D eigenvalue weighted by Gasteiger charge is 2.12. The molecule has 2 aromatic carbocycles. The minimum Gasteiger partial charge on any atom is -0.488 e. The van der Waals surface area contributed by atoms with Crippen LogP contribution >= 0.6 is 35.0 Å². The molecule has 21 heavy (non-hydrogen) atoms. The van der Waals surface area contributed by atoms with Gasteiger partial charge in [-0.05, 0) is 38.1 Å². The minimum absolute atomic E-state index is 0.119. The van der Waals surface area contributed by atoms with E-state index in [1.165, 1.54) is 17.8 Å². The summed E-state index contributed by atoms with van der Waals surface area (Å²) in [6.45, 7) is 3.67. The van der Waals surface area contributed by atoms with Gasteiger partial charge in [-0.3, -0.25) is 0 Å². The smallest absolute Gasteiger partial charge is 0.167 e. The molecule has 0 heterocycles. The second kappa shape index (κ2) is 6.77. The molecule has 0 aromatic heterocycles. The lowest BCUT2D eigenvalue weighted by molar-refractivity contribution is 0.230. The van der Waals surface area contributed by atoms with Crippen LogP contribution in [0.1, 0.15) is 13.8 Å². The van der Waals surface area contributed by atoms with Gasteiger partial charge in [0.1, 0.15) is 0 Å². The van der Waals surface area contributed by atoms with E-state index >= 15 is 0 Å². The molecule has 2 N–H and O–H groups in total. The Morgan fingerprint density at radius 1 is 1.14 bits per heavy atom. The van der Waals surface area contributed by atoms with E-state index < -0.39 is 5.82 Å². The summed E-state index contributed by atoms with van der Waals surface area (Å²) in [5.41, 5.74) is 6.21. The maximum atomic E-state index is 13.8. The Labute approximate surface area is 137 Å². The molecule has 0 amide bonds. The zero-order valence-corrected chi connectivity index (χ0v) is 13.8. The van der Waals surface area contributed by atoms with Crippen LogP contribution in [0.5, 0.6) is 5.75 Å². The zero-order valence-electron chi connectivity index (χ0n) is 11.5. The molecule has 2 aromatic rings. The fourth-order valence-electron chi connectivity index (χ4n) is 1.65. The van der Waals surface area contributed by atoms with Crippen LogP contribution in [0.3, 0.4) is 0 Å². The molecule has 0 spiro atoms. The van der Waals surface area contributed by atoms with Gasteiger partial charge >= 0.3 is 0 Å². The van der Waals surface area contributed by atoms with Gasteiger partial charge in [0.05, 0.1) is 16.1 Å². The van der Waals surface area contributed by atoms with Crippen molar-refractivity contribution in [2.45, 2.75) is 29.7 Å². The fourth-order valence-corrected chi connectivity index (χ4v) is 2.92. The Morgan fingerprint density at radius 2 is 1.86 bits per heavy atom. The van der Waals surface area contributed by atoms with Crippen LogP contribution < -0.4 is 10.5 Å². The lowest BCUT2D eigenvalue weighted by Crippen LogP contribution is -2.07. The molecule has 0 saturated carbocycles. The topological polar surface area (TPSA) is 35.2 Å². The Bertz CT molecular complexity index is 664. The highest BCUT2D eigenvalue weighted by Crippen LogP contribution is 2.38. The summed E-state index contributed by atoms with van der Waals surface area (Å²) in [6.07, 6.45) is -0.119. The Morgan fingerprint density at radius 3 is 2.48 bits per heavy atom. The Balaban J connectivity index is 2.32. The molecule has 0 aliphatic carbocycles. The Hall–Kier alpha value is -1.10. The van der Waals surface area contributed by atoms with Crippen LogP contribution in [0.4, 0.5) is 10.1 Å². The number of ether oxygens (including phenoxy) is 1. The third-order valence-corrected chi connectivity index (χ3v) is 4.35. The first-order valence-corrected chi connectivity index (χ1v) is 7.82. The molecule has 2 nitrogen and oxygen atoms in total. The molecule has 0 saturated heterocycles. The zero-order chi connectivity index (χ0) is 15.6. The van der Waals surface area contributed by atoms with Crippen LogP contribution in [0.25, 0.3) is 0 Å².